The molecule has 0 spiro atoms. The first kappa shape index (κ1) is 8.18. The molecule has 0 radical (unpaired) electrons. The zero-order chi connectivity index (χ0) is 9.26. The average Bonchev–Trinajstić information content (AvgIpc) is 2.53. The van der Waals surface area contributed by atoms with E-state index in [1.807, 2.05) is 6.07 Å². The molecule has 2 rings (SSSR count). The van der Waals surface area contributed by atoms with Crippen LogP contribution in [0.1, 0.15) is 0 Å². The standard InChI is InChI=1S/C7H5BrN4O/c8-4-2-1-3-10-5(4)6-11-12-7(9)13-6/h1-3H,(H2,9,12). The maximum Gasteiger partial charge on any atom is 0.313 e. The number of hydrogen-bond donors (Lipinski definition) is 1. The maximum atomic E-state index is 5.28. The van der Waals surface area contributed by atoms with Crippen LogP contribution in [0.4, 0.5) is 6.01 Å². The van der Waals surface area contributed by atoms with Crippen LogP contribution in [0.2, 0.25) is 0 Å². The maximum absolute atomic E-state index is 5.28. The van der Waals surface area contributed by atoms with Gasteiger partial charge in [0, 0.05) is 10.7 Å². The summed E-state index contributed by atoms with van der Waals surface area (Å²) in [5.41, 5.74) is 5.87. The molecule has 0 saturated heterocycles. The third-order valence-electron chi connectivity index (χ3n) is 1.40. The number of rotatable bonds is 1. The molecule has 2 aromatic heterocycles. The first-order chi connectivity index (χ1) is 6.27. The second kappa shape index (κ2) is 3.14. The number of aromatic nitrogens is 3. The molecule has 5 nitrogen and oxygen atoms in total. The molecular weight excluding hydrogens is 236 g/mol. The summed E-state index contributed by atoms with van der Waals surface area (Å²) in [7, 11) is 0. The molecule has 0 atom stereocenters. The van der Waals surface area contributed by atoms with Gasteiger partial charge in [0.2, 0.25) is 0 Å². The fraction of sp³-hybridized carbons (Fsp3) is 0. The van der Waals surface area contributed by atoms with E-state index >= 15 is 0 Å². The van der Waals surface area contributed by atoms with Crippen molar-refractivity contribution in [1.29, 1.82) is 0 Å². The first-order valence-corrected chi connectivity index (χ1v) is 4.26. The number of hydrogen-bond acceptors (Lipinski definition) is 5. The van der Waals surface area contributed by atoms with Crippen molar-refractivity contribution in [3.8, 4) is 11.6 Å². The Morgan fingerprint density at radius 3 is 2.85 bits per heavy atom. The van der Waals surface area contributed by atoms with E-state index in [-0.39, 0.29) is 6.01 Å². The third-order valence-corrected chi connectivity index (χ3v) is 2.04. The molecule has 0 aromatic carbocycles. The SMILES string of the molecule is Nc1nnc(-c2ncccc2Br)o1. The van der Waals surface area contributed by atoms with Crippen LogP contribution in [0.25, 0.3) is 11.6 Å². The molecule has 0 saturated carbocycles. The van der Waals surface area contributed by atoms with E-state index in [4.69, 9.17) is 10.2 Å². The molecule has 0 aliphatic rings. The Morgan fingerprint density at radius 1 is 1.38 bits per heavy atom. The highest BCUT2D eigenvalue weighted by Gasteiger charge is 2.10. The van der Waals surface area contributed by atoms with Gasteiger partial charge in [0.1, 0.15) is 5.69 Å². The van der Waals surface area contributed by atoms with Crippen molar-refractivity contribution in [3.05, 3.63) is 22.8 Å². The second-order valence-electron chi connectivity index (χ2n) is 2.28. The average molecular weight is 241 g/mol. The quantitative estimate of drug-likeness (QED) is 0.817. The minimum absolute atomic E-state index is 0.0348. The van der Waals surface area contributed by atoms with Crippen molar-refractivity contribution in [3.63, 3.8) is 0 Å². The summed E-state index contributed by atoms with van der Waals surface area (Å²) in [5.74, 6) is 0.310. The van der Waals surface area contributed by atoms with Gasteiger partial charge >= 0.3 is 6.01 Å². The van der Waals surface area contributed by atoms with E-state index in [1.165, 1.54) is 0 Å². The topological polar surface area (TPSA) is 77.8 Å². The molecule has 0 aliphatic heterocycles. The largest absolute Gasteiger partial charge is 0.402 e. The molecule has 13 heavy (non-hydrogen) atoms. The van der Waals surface area contributed by atoms with Crippen molar-refractivity contribution in [2.75, 3.05) is 5.73 Å². The Bertz CT molecular complexity index is 428. The van der Waals surface area contributed by atoms with Crippen molar-refractivity contribution >= 4 is 21.9 Å². The van der Waals surface area contributed by atoms with Gasteiger partial charge in [-0.3, -0.25) is 0 Å². The lowest BCUT2D eigenvalue weighted by Crippen LogP contribution is -1.83. The zero-order valence-corrected chi connectivity index (χ0v) is 8.02. The first-order valence-electron chi connectivity index (χ1n) is 3.47. The van der Waals surface area contributed by atoms with Crippen LogP contribution in [0.3, 0.4) is 0 Å². The van der Waals surface area contributed by atoms with E-state index in [9.17, 15) is 0 Å². The molecule has 66 valence electrons. The van der Waals surface area contributed by atoms with Gasteiger partial charge in [-0.25, -0.2) is 4.98 Å². The van der Waals surface area contributed by atoms with Gasteiger partial charge in [-0.05, 0) is 28.1 Å². The minimum atomic E-state index is 0.0348. The highest BCUT2D eigenvalue weighted by Crippen LogP contribution is 2.24. The summed E-state index contributed by atoms with van der Waals surface area (Å²) in [6.07, 6.45) is 1.64. The lowest BCUT2D eigenvalue weighted by atomic mass is 10.3. The Balaban J connectivity index is 2.52. The third kappa shape index (κ3) is 1.52. The van der Waals surface area contributed by atoms with Gasteiger partial charge in [-0.15, -0.1) is 5.10 Å². The number of nitrogen functional groups attached to an aromatic ring is 1. The lowest BCUT2D eigenvalue weighted by molar-refractivity contribution is 0.587. The summed E-state index contributed by atoms with van der Waals surface area (Å²) < 4.78 is 5.80. The zero-order valence-electron chi connectivity index (χ0n) is 6.44. The Kier molecular flexibility index (Phi) is 1.97. The van der Waals surface area contributed by atoms with Gasteiger partial charge in [-0.2, -0.15) is 0 Å². The van der Waals surface area contributed by atoms with Gasteiger partial charge in [0.15, 0.2) is 0 Å². The van der Waals surface area contributed by atoms with Crippen LogP contribution in [0.15, 0.2) is 27.2 Å². The van der Waals surface area contributed by atoms with Crippen LogP contribution in [0, 0.1) is 0 Å². The van der Waals surface area contributed by atoms with Crippen LogP contribution < -0.4 is 5.73 Å². The lowest BCUT2D eigenvalue weighted by Gasteiger charge is -1.94. The number of anilines is 1. The Labute approximate surface area is 82.1 Å². The predicted molar refractivity (Wildman–Crippen MR) is 49.6 cm³/mol. The molecule has 2 aromatic rings. The molecule has 0 unspecified atom stereocenters. The fourth-order valence-electron chi connectivity index (χ4n) is 0.873. The predicted octanol–water partition coefficient (Wildman–Crippen LogP) is 1.48. The van der Waals surface area contributed by atoms with E-state index in [0.717, 1.165) is 4.47 Å². The summed E-state index contributed by atoms with van der Waals surface area (Å²) in [5, 5.41) is 7.25. The van der Waals surface area contributed by atoms with Gasteiger partial charge in [0.25, 0.3) is 5.89 Å². The van der Waals surface area contributed by atoms with Gasteiger partial charge in [-0.1, -0.05) is 5.10 Å². The summed E-state index contributed by atoms with van der Waals surface area (Å²) >= 11 is 3.31. The van der Waals surface area contributed by atoms with E-state index in [2.05, 4.69) is 31.1 Å². The van der Waals surface area contributed by atoms with E-state index in [1.54, 1.807) is 12.3 Å². The Morgan fingerprint density at radius 2 is 2.23 bits per heavy atom. The van der Waals surface area contributed by atoms with Crippen molar-refractivity contribution in [2.24, 2.45) is 0 Å². The van der Waals surface area contributed by atoms with E-state index in [0.29, 0.717) is 11.6 Å². The summed E-state index contributed by atoms with van der Waals surface area (Å²) in [4.78, 5) is 4.06. The molecule has 0 bridgehead atoms. The van der Waals surface area contributed by atoms with Crippen molar-refractivity contribution in [1.82, 2.24) is 15.2 Å². The molecule has 0 aliphatic carbocycles. The van der Waals surface area contributed by atoms with Crippen LogP contribution in [-0.4, -0.2) is 15.2 Å². The monoisotopic (exact) mass is 240 g/mol. The molecule has 6 heteroatoms. The smallest absolute Gasteiger partial charge is 0.313 e. The normalized spacial score (nSPS) is 10.2. The second-order valence-corrected chi connectivity index (χ2v) is 3.13. The minimum Gasteiger partial charge on any atom is -0.402 e. The highest BCUT2D eigenvalue weighted by atomic mass is 79.9. The van der Waals surface area contributed by atoms with E-state index < -0.39 is 0 Å². The fourth-order valence-corrected chi connectivity index (χ4v) is 1.30. The Hall–Kier alpha value is -1.43. The highest BCUT2D eigenvalue weighted by molar-refractivity contribution is 9.10. The number of halogens is 1. The molecule has 0 fully saturated rings. The molecule has 2 N–H and O–H groups in total. The summed E-state index contributed by atoms with van der Waals surface area (Å²) in [6, 6.07) is 3.67. The van der Waals surface area contributed by atoms with Crippen LogP contribution in [0.5, 0.6) is 0 Å². The number of pyridine rings is 1. The molecular formula is C7H5BrN4O. The van der Waals surface area contributed by atoms with Crippen LogP contribution >= 0.6 is 15.9 Å². The number of nitrogens with zero attached hydrogens (tertiary/aromatic N) is 3. The van der Waals surface area contributed by atoms with Gasteiger partial charge < -0.3 is 10.2 Å². The van der Waals surface area contributed by atoms with Crippen molar-refractivity contribution < 1.29 is 4.42 Å². The number of nitrogens with two attached hydrogens (primary N) is 1. The molecule has 0 amide bonds. The summed E-state index contributed by atoms with van der Waals surface area (Å²) in [6.45, 7) is 0. The van der Waals surface area contributed by atoms with Crippen molar-refractivity contribution in [2.45, 2.75) is 0 Å². The van der Waals surface area contributed by atoms with Crippen LogP contribution in [-0.2, 0) is 0 Å². The van der Waals surface area contributed by atoms with Gasteiger partial charge in [0.05, 0.1) is 0 Å². The molecule has 2 heterocycles.